The van der Waals surface area contributed by atoms with Crippen molar-refractivity contribution in [3.63, 3.8) is 0 Å². The smallest absolute Gasteiger partial charge is 0.256 e. The lowest BCUT2D eigenvalue weighted by molar-refractivity contribution is -0.121. The highest BCUT2D eigenvalue weighted by molar-refractivity contribution is 6.01. The van der Waals surface area contributed by atoms with Gasteiger partial charge < -0.3 is 20.3 Å². The van der Waals surface area contributed by atoms with Crippen LogP contribution in [0.25, 0.3) is 0 Å². The van der Waals surface area contributed by atoms with E-state index in [0.29, 0.717) is 11.3 Å². The zero-order chi connectivity index (χ0) is 18.5. The predicted molar refractivity (Wildman–Crippen MR) is 101 cm³/mol. The lowest BCUT2D eigenvalue weighted by Gasteiger charge is -2.19. The molecule has 0 saturated heterocycles. The third kappa shape index (κ3) is 4.53. The molecule has 136 valence electrons. The Kier molecular flexibility index (Phi) is 5.41. The van der Waals surface area contributed by atoms with Crippen LogP contribution in [0.2, 0.25) is 0 Å². The van der Waals surface area contributed by atoms with Gasteiger partial charge in [-0.15, -0.1) is 0 Å². The number of hydrogen-bond acceptors (Lipinski definition) is 4. The van der Waals surface area contributed by atoms with Crippen LogP contribution in [0.4, 0.5) is 11.4 Å². The van der Waals surface area contributed by atoms with E-state index in [-0.39, 0.29) is 24.4 Å². The molecule has 0 atom stereocenters. The van der Waals surface area contributed by atoms with Gasteiger partial charge in [0, 0.05) is 18.8 Å². The third-order valence-corrected chi connectivity index (χ3v) is 4.20. The number of carbonyl (C=O) groups excluding carboxylic acids is 2. The lowest BCUT2D eigenvalue weighted by Crippen LogP contribution is -2.39. The second-order valence-electron chi connectivity index (χ2n) is 6.40. The van der Waals surface area contributed by atoms with Gasteiger partial charge in [-0.05, 0) is 49.2 Å². The molecule has 26 heavy (non-hydrogen) atoms. The fraction of sp³-hybridized carbons (Fsp3) is 0.300. The molecule has 1 aliphatic rings. The van der Waals surface area contributed by atoms with Crippen LogP contribution in [0, 0.1) is 0 Å². The number of anilines is 2. The first kappa shape index (κ1) is 17.8. The number of rotatable bonds is 7. The van der Waals surface area contributed by atoms with Gasteiger partial charge in [-0.2, -0.15) is 0 Å². The Morgan fingerprint density at radius 2 is 1.81 bits per heavy atom. The number of hydrogen-bond donors (Lipinski definition) is 2. The minimum atomic E-state index is -0.201. The quantitative estimate of drug-likeness (QED) is 0.803. The Labute approximate surface area is 153 Å². The van der Waals surface area contributed by atoms with Crippen molar-refractivity contribution in [1.29, 1.82) is 0 Å². The average molecular weight is 353 g/mol. The summed E-state index contributed by atoms with van der Waals surface area (Å²) in [6, 6.07) is 15.0. The molecule has 1 aliphatic carbocycles. The normalized spacial score (nSPS) is 13.0. The number of benzene rings is 2. The molecule has 1 saturated carbocycles. The van der Waals surface area contributed by atoms with E-state index in [1.807, 2.05) is 42.5 Å². The van der Waals surface area contributed by atoms with E-state index in [2.05, 4.69) is 10.6 Å². The second kappa shape index (κ2) is 7.91. The molecule has 0 spiro atoms. The second-order valence-corrected chi connectivity index (χ2v) is 6.40. The van der Waals surface area contributed by atoms with Crippen molar-refractivity contribution in [2.45, 2.75) is 18.9 Å². The number of amides is 2. The summed E-state index contributed by atoms with van der Waals surface area (Å²) < 4.78 is 5.16. The van der Waals surface area contributed by atoms with Crippen LogP contribution in [0.15, 0.2) is 48.5 Å². The average Bonchev–Trinajstić information content (AvgIpc) is 3.46. The van der Waals surface area contributed by atoms with Crippen LogP contribution in [0.5, 0.6) is 5.75 Å². The van der Waals surface area contributed by atoms with Crippen molar-refractivity contribution >= 4 is 23.2 Å². The van der Waals surface area contributed by atoms with E-state index in [9.17, 15) is 9.59 Å². The number of nitrogens with one attached hydrogen (secondary N) is 2. The Morgan fingerprint density at radius 3 is 2.46 bits per heavy atom. The molecule has 0 bridgehead atoms. The Morgan fingerprint density at radius 1 is 1.12 bits per heavy atom. The molecular formula is C20H23N3O3. The van der Waals surface area contributed by atoms with Gasteiger partial charge in [-0.25, -0.2) is 0 Å². The van der Waals surface area contributed by atoms with E-state index >= 15 is 0 Å². The molecule has 2 aromatic rings. The molecule has 3 rings (SSSR count). The highest BCUT2D eigenvalue weighted by Crippen LogP contribution is 2.24. The minimum absolute atomic E-state index is 0.0478. The van der Waals surface area contributed by atoms with Gasteiger partial charge in [0.25, 0.3) is 5.91 Å². The van der Waals surface area contributed by atoms with Crippen molar-refractivity contribution in [1.82, 2.24) is 10.2 Å². The number of nitrogens with zero attached hydrogens (tertiary/aromatic N) is 1. The Bertz CT molecular complexity index is 785. The first-order valence-corrected chi connectivity index (χ1v) is 8.62. The summed E-state index contributed by atoms with van der Waals surface area (Å²) in [6.45, 7) is 0.0478. The summed E-state index contributed by atoms with van der Waals surface area (Å²) in [5.41, 5.74) is 2.06. The number of para-hydroxylation sites is 1. The lowest BCUT2D eigenvalue weighted by atomic mass is 10.1. The molecule has 2 aromatic carbocycles. The van der Waals surface area contributed by atoms with Crippen molar-refractivity contribution in [3.8, 4) is 5.75 Å². The Hall–Kier alpha value is -3.02. The molecule has 1 fully saturated rings. The molecular weight excluding hydrogens is 330 g/mol. The highest BCUT2D eigenvalue weighted by Gasteiger charge is 2.25. The van der Waals surface area contributed by atoms with Gasteiger partial charge in [-0.3, -0.25) is 9.59 Å². The third-order valence-electron chi connectivity index (χ3n) is 4.20. The summed E-state index contributed by atoms with van der Waals surface area (Å²) in [7, 11) is 3.25. The molecule has 6 nitrogen and oxygen atoms in total. The first-order valence-electron chi connectivity index (χ1n) is 8.62. The van der Waals surface area contributed by atoms with Crippen LogP contribution in [0.3, 0.4) is 0 Å². The van der Waals surface area contributed by atoms with E-state index in [1.54, 1.807) is 20.2 Å². The number of likely N-dealkylation sites (N-methyl/N-ethyl adjacent to an activating group) is 1. The number of carbonyl (C=O) groups is 2. The monoisotopic (exact) mass is 353 g/mol. The van der Waals surface area contributed by atoms with Gasteiger partial charge >= 0.3 is 0 Å². The fourth-order valence-electron chi connectivity index (χ4n) is 2.60. The molecule has 0 aliphatic heterocycles. The standard InChI is InChI=1S/C20H23N3O3/c1-23(13-19(24)22-15-7-8-15)20(25)17-5-3-4-6-18(17)21-14-9-11-16(26-2)12-10-14/h3-6,9-12,15,21H,7-8,13H2,1-2H3,(H,22,24). The first-order chi connectivity index (χ1) is 12.6. The van der Waals surface area contributed by atoms with Gasteiger partial charge in [0.1, 0.15) is 5.75 Å². The van der Waals surface area contributed by atoms with E-state index < -0.39 is 0 Å². The van der Waals surface area contributed by atoms with Crippen molar-refractivity contribution in [3.05, 3.63) is 54.1 Å². The molecule has 6 heteroatoms. The van der Waals surface area contributed by atoms with Crippen LogP contribution in [-0.2, 0) is 4.79 Å². The van der Waals surface area contributed by atoms with Crippen molar-refractivity contribution in [2.75, 3.05) is 26.0 Å². The maximum atomic E-state index is 12.8. The summed E-state index contributed by atoms with van der Waals surface area (Å²) in [4.78, 5) is 26.2. The molecule has 0 unspecified atom stereocenters. The maximum Gasteiger partial charge on any atom is 0.256 e. The SMILES string of the molecule is COc1ccc(Nc2ccccc2C(=O)N(C)CC(=O)NC2CC2)cc1. The molecule has 2 N–H and O–H groups in total. The van der Waals surface area contributed by atoms with Gasteiger partial charge in [-0.1, -0.05) is 12.1 Å². The van der Waals surface area contributed by atoms with Crippen LogP contribution in [0.1, 0.15) is 23.2 Å². The van der Waals surface area contributed by atoms with E-state index in [4.69, 9.17) is 4.74 Å². The summed E-state index contributed by atoms with van der Waals surface area (Å²) >= 11 is 0. The van der Waals surface area contributed by atoms with Gasteiger partial charge in [0.05, 0.1) is 24.9 Å². The zero-order valence-corrected chi connectivity index (χ0v) is 15.0. The van der Waals surface area contributed by atoms with Crippen LogP contribution >= 0.6 is 0 Å². The van der Waals surface area contributed by atoms with E-state index in [0.717, 1.165) is 24.3 Å². The summed E-state index contributed by atoms with van der Waals surface area (Å²) in [5.74, 6) is 0.442. The summed E-state index contributed by atoms with van der Waals surface area (Å²) in [5, 5.41) is 6.15. The predicted octanol–water partition coefficient (Wildman–Crippen LogP) is 2.79. The Balaban J connectivity index is 1.70. The number of ether oxygens (including phenoxy) is 1. The van der Waals surface area contributed by atoms with Crippen molar-refractivity contribution in [2.24, 2.45) is 0 Å². The maximum absolute atomic E-state index is 12.8. The summed E-state index contributed by atoms with van der Waals surface area (Å²) in [6.07, 6.45) is 2.05. The molecule has 2 amide bonds. The van der Waals surface area contributed by atoms with Crippen molar-refractivity contribution < 1.29 is 14.3 Å². The van der Waals surface area contributed by atoms with E-state index in [1.165, 1.54) is 4.90 Å². The van der Waals surface area contributed by atoms with Crippen LogP contribution in [-0.4, -0.2) is 43.5 Å². The van der Waals surface area contributed by atoms with Gasteiger partial charge in [0.15, 0.2) is 0 Å². The van der Waals surface area contributed by atoms with Crippen LogP contribution < -0.4 is 15.4 Å². The molecule has 0 radical (unpaired) electrons. The molecule has 0 heterocycles. The fourth-order valence-corrected chi connectivity index (χ4v) is 2.60. The number of methoxy groups -OCH3 is 1. The zero-order valence-electron chi connectivity index (χ0n) is 15.0. The highest BCUT2D eigenvalue weighted by atomic mass is 16.5. The van der Waals surface area contributed by atoms with Gasteiger partial charge in [0.2, 0.25) is 5.91 Å². The minimum Gasteiger partial charge on any atom is -0.497 e. The largest absolute Gasteiger partial charge is 0.497 e. The topological polar surface area (TPSA) is 70.7 Å². The molecule has 0 aromatic heterocycles.